The SMILES string of the molecule is CC[C@H](Cc1ccccc1)NC(=O)C1CCN(C(=O)c2cc3sccc3n2C)CC1. The van der Waals surface area contributed by atoms with Gasteiger partial charge in [0.2, 0.25) is 5.91 Å². The molecule has 6 heteroatoms. The van der Waals surface area contributed by atoms with Crippen LogP contribution in [0.2, 0.25) is 0 Å². The molecule has 1 saturated heterocycles. The van der Waals surface area contributed by atoms with E-state index < -0.39 is 0 Å². The van der Waals surface area contributed by atoms with Crippen LogP contribution in [0.1, 0.15) is 42.2 Å². The van der Waals surface area contributed by atoms with Crippen molar-refractivity contribution >= 4 is 33.4 Å². The van der Waals surface area contributed by atoms with E-state index in [1.807, 2.05) is 52.2 Å². The fourth-order valence-corrected chi connectivity index (χ4v) is 5.13. The number of likely N-dealkylation sites (tertiary alicyclic amines) is 1. The van der Waals surface area contributed by atoms with E-state index in [1.54, 1.807) is 11.3 Å². The maximum atomic E-state index is 13.0. The number of fused-ring (bicyclic) bond motifs is 1. The van der Waals surface area contributed by atoms with Gasteiger partial charge in [0.15, 0.2) is 0 Å². The molecular formula is C24H29N3O2S. The summed E-state index contributed by atoms with van der Waals surface area (Å²) in [5.41, 5.74) is 3.07. The molecule has 1 fully saturated rings. The molecule has 30 heavy (non-hydrogen) atoms. The van der Waals surface area contributed by atoms with Crippen molar-refractivity contribution < 1.29 is 9.59 Å². The number of carbonyl (C=O) groups excluding carboxylic acids is 2. The number of benzene rings is 1. The number of piperidine rings is 1. The summed E-state index contributed by atoms with van der Waals surface area (Å²) in [6.45, 7) is 3.37. The van der Waals surface area contributed by atoms with Crippen LogP contribution in [0.15, 0.2) is 47.8 Å². The third kappa shape index (κ3) is 4.29. The summed E-state index contributed by atoms with van der Waals surface area (Å²) in [5.74, 6) is 0.176. The highest BCUT2D eigenvalue weighted by Gasteiger charge is 2.30. The van der Waals surface area contributed by atoms with Crippen molar-refractivity contribution in [1.29, 1.82) is 0 Å². The molecule has 0 aliphatic carbocycles. The summed E-state index contributed by atoms with van der Waals surface area (Å²) in [4.78, 5) is 27.7. The minimum atomic E-state index is -0.0178. The summed E-state index contributed by atoms with van der Waals surface area (Å²) < 4.78 is 3.11. The van der Waals surface area contributed by atoms with Crippen molar-refractivity contribution in [3.8, 4) is 0 Å². The van der Waals surface area contributed by atoms with Gasteiger partial charge in [0.05, 0.1) is 10.2 Å². The second-order valence-corrected chi connectivity index (χ2v) is 9.08. The number of amides is 2. The van der Waals surface area contributed by atoms with Gasteiger partial charge < -0.3 is 14.8 Å². The molecule has 4 rings (SSSR count). The number of hydrogen-bond donors (Lipinski definition) is 1. The fourth-order valence-electron chi connectivity index (χ4n) is 4.28. The fraction of sp³-hybridized carbons (Fsp3) is 0.417. The topological polar surface area (TPSA) is 54.3 Å². The number of nitrogens with one attached hydrogen (secondary N) is 1. The van der Waals surface area contributed by atoms with E-state index >= 15 is 0 Å². The second kappa shape index (κ2) is 9.04. The third-order valence-electron chi connectivity index (χ3n) is 6.20. The largest absolute Gasteiger partial charge is 0.353 e. The number of carbonyl (C=O) groups is 2. The molecule has 2 amide bonds. The summed E-state index contributed by atoms with van der Waals surface area (Å²) in [6, 6.07) is 14.5. The van der Waals surface area contributed by atoms with Crippen LogP contribution < -0.4 is 5.32 Å². The molecule has 158 valence electrons. The Labute approximate surface area is 181 Å². The van der Waals surface area contributed by atoms with Crippen molar-refractivity contribution in [3.05, 3.63) is 59.1 Å². The van der Waals surface area contributed by atoms with Gasteiger partial charge in [-0.15, -0.1) is 11.3 Å². The molecule has 3 heterocycles. The highest BCUT2D eigenvalue weighted by atomic mass is 32.1. The Hall–Kier alpha value is -2.60. The molecule has 2 aromatic heterocycles. The lowest BCUT2D eigenvalue weighted by Gasteiger charge is -2.32. The normalized spacial score (nSPS) is 16.0. The first-order chi connectivity index (χ1) is 14.6. The standard InChI is InChI=1S/C24H29N3O2S/c1-3-19(15-17-7-5-4-6-8-17)25-23(28)18-9-12-27(13-10-18)24(29)21-16-22-20(26(21)2)11-14-30-22/h4-8,11,14,16,18-19H,3,9-10,12-13,15H2,1-2H3,(H,25,28)/t19-/m1/s1. The average molecular weight is 424 g/mol. The number of rotatable bonds is 6. The average Bonchev–Trinajstić information content (AvgIpc) is 3.36. The highest BCUT2D eigenvalue weighted by molar-refractivity contribution is 7.17. The summed E-state index contributed by atoms with van der Waals surface area (Å²) >= 11 is 1.65. The number of aromatic nitrogens is 1. The van der Waals surface area contributed by atoms with Crippen LogP contribution in [0.3, 0.4) is 0 Å². The van der Waals surface area contributed by atoms with E-state index in [-0.39, 0.29) is 23.8 Å². The monoisotopic (exact) mass is 423 g/mol. The van der Waals surface area contributed by atoms with Crippen molar-refractivity contribution in [3.63, 3.8) is 0 Å². The Morgan fingerprint density at radius 1 is 1.17 bits per heavy atom. The highest BCUT2D eigenvalue weighted by Crippen LogP contribution is 2.26. The quantitative estimate of drug-likeness (QED) is 0.645. The molecular weight excluding hydrogens is 394 g/mol. The molecule has 0 radical (unpaired) electrons. The number of nitrogens with zero attached hydrogens (tertiary/aromatic N) is 2. The Bertz CT molecular complexity index is 1020. The third-order valence-corrected chi connectivity index (χ3v) is 7.05. The summed E-state index contributed by atoms with van der Waals surface area (Å²) in [5, 5.41) is 5.28. The van der Waals surface area contributed by atoms with Crippen LogP contribution in [0, 0.1) is 5.92 Å². The molecule has 0 saturated carbocycles. The van der Waals surface area contributed by atoms with Crippen molar-refractivity contribution in [2.24, 2.45) is 13.0 Å². The van der Waals surface area contributed by atoms with Crippen molar-refractivity contribution in [1.82, 2.24) is 14.8 Å². The van der Waals surface area contributed by atoms with Gasteiger partial charge in [0, 0.05) is 32.1 Å². The molecule has 5 nitrogen and oxygen atoms in total. The van der Waals surface area contributed by atoms with Gasteiger partial charge in [0.25, 0.3) is 5.91 Å². The molecule has 1 aromatic carbocycles. The molecule has 0 bridgehead atoms. The minimum Gasteiger partial charge on any atom is -0.353 e. The smallest absolute Gasteiger partial charge is 0.270 e. The predicted molar refractivity (Wildman–Crippen MR) is 122 cm³/mol. The van der Waals surface area contributed by atoms with Crippen LogP contribution in [0.5, 0.6) is 0 Å². The van der Waals surface area contributed by atoms with Crippen LogP contribution in [-0.4, -0.2) is 40.4 Å². The number of thiophene rings is 1. The van der Waals surface area contributed by atoms with E-state index in [0.717, 1.165) is 41.6 Å². The first-order valence-corrected chi connectivity index (χ1v) is 11.6. The first-order valence-electron chi connectivity index (χ1n) is 10.7. The zero-order valence-corrected chi connectivity index (χ0v) is 18.5. The van der Waals surface area contributed by atoms with Gasteiger partial charge in [-0.25, -0.2) is 0 Å². The summed E-state index contributed by atoms with van der Waals surface area (Å²) in [6.07, 6.45) is 3.20. The first kappa shape index (κ1) is 20.7. The van der Waals surface area contributed by atoms with E-state index in [9.17, 15) is 9.59 Å². The van der Waals surface area contributed by atoms with Gasteiger partial charge in [-0.2, -0.15) is 0 Å². The Balaban J connectivity index is 1.32. The van der Waals surface area contributed by atoms with Gasteiger partial charge in [-0.05, 0) is 48.8 Å². The number of hydrogen-bond acceptors (Lipinski definition) is 3. The Morgan fingerprint density at radius 3 is 2.57 bits per heavy atom. The molecule has 0 spiro atoms. The Kier molecular flexibility index (Phi) is 6.23. The lowest BCUT2D eigenvalue weighted by molar-refractivity contribution is -0.127. The number of aryl methyl sites for hydroxylation is 1. The van der Waals surface area contributed by atoms with Crippen LogP contribution in [-0.2, 0) is 18.3 Å². The van der Waals surface area contributed by atoms with Gasteiger partial charge >= 0.3 is 0 Å². The summed E-state index contributed by atoms with van der Waals surface area (Å²) in [7, 11) is 1.94. The van der Waals surface area contributed by atoms with Gasteiger partial charge in [-0.3, -0.25) is 9.59 Å². The van der Waals surface area contributed by atoms with Gasteiger partial charge in [0.1, 0.15) is 5.69 Å². The zero-order valence-electron chi connectivity index (χ0n) is 17.6. The lowest BCUT2D eigenvalue weighted by atomic mass is 9.94. The Morgan fingerprint density at radius 2 is 1.90 bits per heavy atom. The predicted octanol–water partition coefficient (Wildman–Crippen LogP) is 4.23. The molecule has 3 aromatic rings. The van der Waals surface area contributed by atoms with E-state index in [4.69, 9.17) is 0 Å². The van der Waals surface area contributed by atoms with E-state index in [2.05, 4.69) is 24.4 Å². The van der Waals surface area contributed by atoms with Gasteiger partial charge in [-0.1, -0.05) is 37.3 Å². The lowest BCUT2D eigenvalue weighted by Crippen LogP contribution is -2.46. The van der Waals surface area contributed by atoms with Crippen LogP contribution >= 0.6 is 11.3 Å². The van der Waals surface area contributed by atoms with Crippen molar-refractivity contribution in [2.45, 2.75) is 38.6 Å². The van der Waals surface area contributed by atoms with E-state index in [0.29, 0.717) is 13.1 Å². The minimum absolute atomic E-state index is 0.0178. The molecule has 0 unspecified atom stereocenters. The maximum absolute atomic E-state index is 13.0. The van der Waals surface area contributed by atoms with E-state index in [1.165, 1.54) is 5.56 Å². The molecule has 1 aliphatic heterocycles. The van der Waals surface area contributed by atoms with Crippen molar-refractivity contribution in [2.75, 3.05) is 13.1 Å². The molecule has 1 aliphatic rings. The van der Waals surface area contributed by atoms with Crippen LogP contribution in [0.25, 0.3) is 10.2 Å². The molecule has 1 atom stereocenters. The maximum Gasteiger partial charge on any atom is 0.270 e. The van der Waals surface area contributed by atoms with Crippen LogP contribution in [0.4, 0.5) is 0 Å². The molecule has 1 N–H and O–H groups in total. The zero-order chi connectivity index (χ0) is 21.1. The second-order valence-electron chi connectivity index (χ2n) is 8.13.